The Hall–Kier alpha value is -0.380. The molecule has 1 fully saturated rings. The molecule has 3 heteroatoms. The van der Waals surface area contributed by atoms with Crippen LogP contribution in [0.25, 0.3) is 0 Å². The molecule has 0 bridgehead atoms. The Balaban J connectivity index is 2.00. The summed E-state index contributed by atoms with van der Waals surface area (Å²) in [5.41, 5.74) is 0. The van der Waals surface area contributed by atoms with E-state index in [1.54, 1.807) is 0 Å². The zero-order valence-corrected chi connectivity index (χ0v) is 9.68. The fourth-order valence-corrected chi connectivity index (χ4v) is 2.87. The van der Waals surface area contributed by atoms with Gasteiger partial charge in [-0.2, -0.15) is 0 Å². The Morgan fingerprint density at radius 2 is 2.50 bits per heavy atom. The molecule has 1 aliphatic rings. The van der Waals surface area contributed by atoms with Crippen molar-refractivity contribution in [3.63, 3.8) is 0 Å². The van der Waals surface area contributed by atoms with Gasteiger partial charge in [-0.05, 0) is 38.4 Å². The lowest BCUT2D eigenvalue weighted by atomic mass is 10.1. The average molecular weight is 210 g/mol. The molecule has 1 aromatic heterocycles. The molecule has 0 amide bonds. The molecule has 2 rings (SSSR count). The van der Waals surface area contributed by atoms with E-state index in [0.717, 1.165) is 6.54 Å². The lowest BCUT2D eigenvalue weighted by Gasteiger charge is -2.29. The van der Waals surface area contributed by atoms with Gasteiger partial charge in [0, 0.05) is 23.5 Å². The summed E-state index contributed by atoms with van der Waals surface area (Å²) in [7, 11) is 2.24. The van der Waals surface area contributed by atoms with Crippen LogP contribution in [0, 0.1) is 0 Å². The summed E-state index contributed by atoms with van der Waals surface area (Å²) in [6, 6.07) is 5.64. The second kappa shape index (κ2) is 4.43. The molecular formula is C11H18N2S. The van der Waals surface area contributed by atoms with Gasteiger partial charge in [-0.3, -0.25) is 4.90 Å². The lowest BCUT2D eigenvalue weighted by Crippen LogP contribution is -2.35. The monoisotopic (exact) mass is 210 g/mol. The summed E-state index contributed by atoms with van der Waals surface area (Å²) >= 11 is 1.86. The molecule has 2 atom stereocenters. The van der Waals surface area contributed by atoms with E-state index in [2.05, 4.69) is 41.7 Å². The minimum Gasteiger partial charge on any atom is -0.315 e. The zero-order chi connectivity index (χ0) is 9.97. The summed E-state index contributed by atoms with van der Waals surface area (Å²) < 4.78 is 0. The van der Waals surface area contributed by atoms with E-state index in [1.165, 1.54) is 17.8 Å². The summed E-state index contributed by atoms with van der Waals surface area (Å²) in [5.74, 6) is 0. The van der Waals surface area contributed by atoms with E-state index >= 15 is 0 Å². The second-order valence-electron chi connectivity index (χ2n) is 4.00. The lowest BCUT2D eigenvalue weighted by molar-refractivity contribution is 0.199. The number of likely N-dealkylation sites (N-methyl/N-ethyl adjacent to an activating group) is 1. The first-order chi connectivity index (χ1) is 6.79. The van der Waals surface area contributed by atoms with Crippen molar-refractivity contribution >= 4 is 11.3 Å². The molecular weight excluding hydrogens is 192 g/mol. The van der Waals surface area contributed by atoms with Crippen LogP contribution in [0.5, 0.6) is 0 Å². The number of nitrogens with zero attached hydrogens (tertiary/aromatic N) is 1. The van der Waals surface area contributed by atoms with Crippen LogP contribution in [0.1, 0.15) is 24.3 Å². The van der Waals surface area contributed by atoms with Crippen LogP contribution in [0.15, 0.2) is 17.5 Å². The Bertz CT molecular complexity index is 265. The third-order valence-electron chi connectivity index (χ3n) is 3.18. The van der Waals surface area contributed by atoms with Gasteiger partial charge in [0.05, 0.1) is 0 Å². The Kier molecular flexibility index (Phi) is 3.21. The van der Waals surface area contributed by atoms with Crippen molar-refractivity contribution < 1.29 is 0 Å². The van der Waals surface area contributed by atoms with Crippen molar-refractivity contribution in [3.05, 3.63) is 22.4 Å². The first-order valence-corrected chi connectivity index (χ1v) is 6.13. The largest absolute Gasteiger partial charge is 0.315 e. The molecule has 0 radical (unpaired) electrons. The molecule has 2 heterocycles. The van der Waals surface area contributed by atoms with E-state index < -0.39 is 0 Å². The van der Waals surface area contributed by atoms with Gasteiger partial charge in [0.15, 0.2) is 0 Å². The van der Waals surface area contributed by atoms with Gasteiger partial charge in [0.2, 0.25) is 0 Å². The third-order valence-corrected chi connectivity index (χ3v) is 4.22. The second-order valence-corrected chi connectivity index (χ2v) is 4.98. The molecule has 0 spiro atoms. The van der Waals surface area contributed by atoms with Gasteiger partial charge in [0.25, 0.3) is 0 Å². The van der Waals surface area contributed by atoms with Crippen LogP contribution < -0.4 is 5.32 Å². The predicted molar refractivity (Wildman–Crippen MR) is 61.8 cm³/mol. The highest BCUT2D eigenvalue weighted by atomic mass is 32.1. The van der Waals surface area contributed by atoms with E-state index in [-0.39, 0.29) is 0 Å². The molecule has 0 saturated carbocycles. The number of rotatable bonds is 3. The summed E-state index contributed by atoms with van der Waals surface area (Å²) in [5, 5.41) is 5.57. The van der Waals surface area contributed by atoms with Gasteiger partial charge in [-0.15, -0.1) is 11.3 Å². The Morgan fingerprint density at radius 1 is 1.64 bits per heavy atom. The molecule has 2 nitrogen and oxygen atoms in total. The highest BCUT2D eigenvalue weighted by Gasteiger charge is 2.23. The highest BCUT2D eigenvalue weighted by Crippen LogP contribution is 2.26. The Morgan fingerprint density at radius 3 is 3.07 bits per heavy atom. The molecule has 78 valence electrons. The van der Waals surface area contributed by atoms with Crippen molar-refractivity contribution in [2.24, 2.45) is 0 Å². The van der Waals surface area contributed by atoms with E-state index in [0.29, 0.717) is 12.1 Å². The van der Waals surface area contributed by atoms with Crippen LogP contribution in [-0.2, 0) is 0 Å². The number of nitrogens with one attached hydrogen (secondary N) is 1. The maximum Gasteiger partial charge on any atom is 0.0413 e. The Labute approximate surface area is 89.9 Å². The smallest absolute Gasteiger partial charge is 0.0413 e. The van der Waals surface area contributed by atoms with Crippen LogP contribution in [0.2, 0.25) is 0 Å². The van der Waals surface area contributed by atoms with Gasteiger partial charge in [-0.25, -0.2) is 0 Å². The number of thiophene rings is 1. The number of hydrogen-bond acceptors (Lipinski definition) is 3. The minimum atomic E-state index is 0.555. The van der Waals surface area contributed by atoms with Crippen LogP contribution in [0.3, 0.4) is 0 Å². The molecule has 2 unspecified atom stereocenters. The summed E-state index contributed by atoms with van der Waals surface area (Å²) in [6.07, 6.45) is 1.28. The standard InChI is InChI=1S/C11H18N2S/c1-9(11-4-3-7-14-11)13(2)10-5-6-12-8-10/h3-4,7,9-10,12H,5-6,8H2,1-2H3. The molecule has 1 aromatic rings. The van der Waals surface area contributed by atoms with Crippen molar-refractivity contribution in [3.8, 4) is 0 Å². The number of hydrogen-bond donors (Lipinski definition) is 1. The van der Waals surface area contributed by atoms with Crippen molar-refractivity contribution in [1.29, 1.82) is 0 Å². The molecule has 14 heavy (non-hydrogen) atoms. The van der Waals surface area contributed by atoms with E-state index in [1.807, 2.05) is 11.3 Å². The minimum absolute atomic E-state index is 0.555. The first kappa shape index (κ1) is 10.1. The predicted octanol–water partition coefficient (Wildman–Crippen LogP) is 2.10. The van der Waals surface area contributed by atoms with Gasteiger partial charge >= 0.3 is 0 Å². The quantitative estimate of drug-likeness (QED) is 0.822. The first-order valence-electron chi connectivity index (χ1n) is 5.25. The fraction of sp³-hybridized carbons (Fsp3) is 0.636. The molecule has 1 N–H and O–H groups in total. The van der Waals surface area contributed by atoms with E-state index in [4.69, 9.17) is 0 Å². The molecule has 0 aliphatic carbocycles. The van der Waals surface area contributed by atoms with Gasteiger partial charge in [0.1, 0.15) is 0 Å². The van der Waals surface area contributed by atoms with Crippen molar-refractivity contribution in [2.75, 3.05) is 20.1 Å². The fourth-order valence-electron chi connectivity index (χ4n) is 2.03. The summed E-state index contributed by atoms with van der Waals surface area (Å²) in [4.78, 5) is 3.96. The topological polar surface area (TPSA) is 15.3 Å². The van der Waals surface area contributed by atoms with Gasteiger partial charge in [-0.1, -0.05) is 6.07 Å². The third kappa shape index (κ3) is 2.00. The van der Waals surface area contributed by atoms with Crippen LogP contribution >= 0.6 is 11.3 Å². The molecule has 0 aromatic carbocycles. The normalized spacial score (nSPS) is 24.4. The average Bonchev–Trinajstić information content (AvgIpc) is 2.87. The zero-order valence-electron chi connectivity index (χ0n) is 8.86. The van der Waals surface area contributed by atoms with E-state index in [9.17, 15) is 0 Å². The van der Waals surface area contributed by atoms with Gasteiger partial charge < -0.3 is 5.32 Å². The SMILES string of the molecule is CC(c1cccs1)N(C)C1CCNC1. The van der Waals surface area contributed by atoms with Crippen molar-refractivity contribution in [2.45, 2.75) is 25.4 Å². The van der Waals surface area contributed by atoms with Crippen molar-refractivity contribution in [1.82, 2.24) is 10.2 Å². The molecule has 1 aliphatic heterocycles. The summed E-state index contributed by atoms with van der Waals surface area (Å²) in [6.45, 7) is 4.61. The molecule has 1 saturated heterocycles. The highest BCUT2D eigenvalue weighted by molar-refractivity contribution is 7.10. The van der Waals surface area contributed by atoms with Crippen LogP contribution in [-0.4, -0.2) is 31.1 Å². The maximum absolute atomic E-state index is 3.42. The van der Waals surface area contributed by atoms with Crippen LogP contribution in [0.4, 0.5) is 0 Å². The maximum atomic E-state index is 3.42.